The lowest BCUT2D eigenvalue weighted by atomic mass is 9.99. The number of rotatable bonds is 1. The first-order valence-electron chi connectivity index (χ1n) is 4.45. The Balaban J connectivity index is 2.55. The van der Waals surface area contributed by atoms with Crippen LogP contribution < -0.4 is 0 Å². The summed E-state index contributed by atoms with van der Waals surface area (Å²) in [4.78, 5) is 0. The second-order valence-electron chi connectivity index (χ2n) is 3.68. The molecule has 0 radical (unpaired) electrons. The van der Waals surface area contributed by atoms with Crippen LogP contribution in [0.1, 0.15) is 35.4 Å². The van der Waals surface area contributed by atoms with Gasteiger partial charge in [0.15, 0.2) is 0 Å². The van der Waals surface area contributed by atoms with Gasteiger partial charge in [0.25, 0.3) is 0 Å². The minimum absolute atomic E-state index is 0.863. The maximum Gasteiger partial charge on any atom is 0.0207 e. The summed E-state index contributed by atoms with van der Waals surface area (Å²) in [5.74, 6) is 0.863. The highest BCUT2D eigenvalue weighted by Crippen LogP contribution is 2.44. The summed E-state index contributed by atoms with van der Waals surface area (Å²) in [5.41, 5.74) is 4.49. The summed E-state index contributed by atoms with van der Waals surface area (Å²) < 4.78 is 1.26. The first-order chi connectivity index (χ1) is 5.70. The van der Waals surface area contributed by atoms with Crippen molar-refractivity contribution in [1.82, 2.24) is 0 Å². The Kier molecular flexibility index (Phi) is 1.99. The fraction of sp³-hybridized carbons (Fsp3) is 0.455. The monoisotopic (exact) mass is 224 g/mol. The van der Waals surface area contributed by atoms with Crippen molar-refractivity contribution in [1.29, 1.82) is 0 Å². The van der Waals surface area contributed by atoms with Crippen molar-refractivity contribution in [3.05, 3.63) is 33.3 Å². The van der Waals surface area contributed by atoms with Crippen molar-refractivity contribution >= 4 is 15.9 Å². The Hall–Kier alpha value is -0.300. The number of hydrogen-bond donors (Lipinski definition) is 0. The van der Waals surface area contributed by atoms with Crippen LogP contribution in [0.5, 0.6) is 0 Å². The molecule has 0 nitrogen and oxygen atoms in total. The Morgan fingerprint density at radius 3 is 2.50 bits per heavy atom. The van der Waals surface area contributed by atoms with Gasteiger partial charge in [-0.05, 0) is 55.4 Å². The van der Waals surface area contributed by atoms with Crippen LogP contribution in [0.15, 0.2) is 16.6 Å². The van der Waals surface area contributed by atoms with Gasteiger partial charge in [0.1, 0.15) is 0 Å². The molecule has 0 heterocycles. The molecule has 1 aliphatic rings. The molecule has 0 spiro atoms. The largest absolute Gasteiger partial charge is 0.0579 e. The normalized spacial score (nSPS) is 16.6. The minimum Gasteiger partial charge on any atom is -0.0579 e. The van der Waals surface area contributed by atoms with Crippen LogP contribution in [0, 0.1) is 13.8 Å². The summed E-state index contributed by atoms with van der Waals surface area (Å²) in [6, 6.07) is 4.36. The molecule has 1 fully saturated rings. The van der Waals surface area contributed by atoms with Gasteiger partial charge in [0, 0.05) is 4.47 Å². The molecule has 12 heavy (non-hydrogen) atoms. The Labute approximate surface area is 82.1 Å². The molecule has 1 aliphatic carbocycles. The predicted molar refractivity (Wildman–Crippen MR) is 55.6 cm³/mol. The summed E-state index contributed by atoms with van der Waals surface area (Å²) in [6.45, 7) is 4.43. The van der Waals surface area contributed by atoms with E-state index in [1.807, 2.05) is 0 Å². The molecule has 0 bridgehead atoms. The SMILES string of the molecule is Cc1ccc(Br)c(C)c1C1CC1. The van der Waals surface area contributed by atoms with Crippen LogP contribution in [-0.4, -0.2) is 0 Å². The summed E-state index contributed by atoms with van der Waals surface area (Å²) in [5, 5.41) is 0. The van der Waals surface area contributed by atoms with Gasteiger partial charge in [-0.3, -0.25) is 0 Å². The van der Waals surface area contributed by atoms with Crippen molar-refractivity contribution in [2.45, 2.75) is 32.6 Å². The summed E-state index contributed by atoms with van der Waals surface area (Å²) in [7, 11) is 0. The molecule has 0 amide bonds. The first-order valence-corrected chi connectivity index (χ1v) is 5.25. The molecular formula is C11H13Br. The number of aryl methyl sites for hydroxylation is 1. The number of hydrogen-bond acceptors (Lipinski definition) is 0. The van der Waals surface area contributed by atoms with E-state index >= 15 is 0 Å². The van der Waals surface area contributed by atoms with Gasteiger partial charge >= 0.3 is 0 Å². The van der Waals surface area contributed by atoms with Crippen LogP contribution in [0.2, 0.25) is 0 Å². The van der Waals surface area contributed by atoms with Crippen LogP contribution in [0.25, 0.3) is 0 Å². The maximum absolute atomic E-state index is 3.58. The van der Waals surface area contributed by atoms with Crippen LogP contribution in [0.3, 0.4) is 0 Å². The lowest BCUT2D eigenvalue weighted by molar-refractivity contribution is 1.06. The molecule has 64 valence electrons. The van der Waals surface area contributed by atoms with Gasteiger partial charge in [0.05, 0.1) is 0 Å². The average molecular weight is 225 g/mol. The smallest absolute Gasteiger partial charge is 0.0207 e. The van der Waals surface area contributed by atoms with Gasteiger partial charge in [-0.1, -0.05) is 22.0 Å². The lowest BCUT2D eigenvalue weighted by Crippen LogP contribution is -1.91. The van der Waals surface area contributed by atoms with Crippen LogP contribution >= 0.6 is 15.9 Å². The van der Waals surface area contributed by atoms with Crippen LogP contribution in [-0.2, 0) is 0 Å². The summed E-state index contributed by atoms with van der Waals surface area (Å²) >= 11 is 3.58. The third-order valence-corrected chi connectivity index (χ3v) is 3.51. The van der Waals surface area contributed by atoms with E-state index in [9.17, 15) is 0 Å². The van der Waals surface area contributed by atoms with Gasteiger partial charge in [0.2, 0.25) is 0 Å². The third kappa shape index (κ3) is 1.31. The van der Waals surface area contributed by atoms with E-state index in [2.05, 4.69) is 41.9 Å². The highest BCUT2D eigenvalue weighted by Gasteiger charge is 2.26. The lowest BCUT2D eigenvalue weighted by Gasteiger charge is -2.09. The highest BCUT2D eigenvalue weighted by molar-refractivity contribution is 9.10. The first kappa shape index (κ1) is 8.31. The number of benzene rings is 1. The molecule has 0 unspecified atom stereocenters. The molecular weight excluding hydrogens is 212 g/mol. The fourth-order valence-corrected chi connectivity index (χ4v) is 2.18. The summed E-state index contributed by atoms with van der Waals surface area (Å²) in [6.07, 6.45) is 2.77. The number of halogens is 1. The van der Waals surface area contributed by atoms with Crippen molar-refractivity contribution < 1.29 is 0 Å². The maximum atomic E-state index is 3.58. The van der Waals surface area contributed by atoms with E-state index in [0.717, 1.165) is 5.92 Å². The predicted octanol–water partition coefficient (Wildman–Crippen LogP) is 3.94. The standard InChI is InChI=1S/C11H13Br/c1-7-3-6-10(12)8(2)11(7)9-4-5-9/h3,6,9H,4-5H2,1-2H3. The third-order valence-electron chi connectivity index (χ3n) is 2.65. The zero-order chi connectivity index (χ0) is 8.72. The second-order valence-corrected chi connectivity index (χ2v) is 4.53. The van der Waals surface area contributed by atoms with E-state index in [-0.39, 0.29) is 0 Å². The van der Waals surface area contributed by atoms with Gasteiger partial charge in [-0.2, -0.15) is 0 Å². The van der Waals surface area contributed by atoms with E-state index in [1.54, 1.807) is 5.56 Å². The molecule has 1 heteroatoms. The average Bonchev–Trinajstić information content (AvgIpc) is 2.81. The van der Waals surface area contributed by atoms with E-state index < -0.39 is 0 Å². The molecule has 0 aliphatic heterocycles. The molecule has 1 aromatic rings. The van der Waals surface area contributed by atoms with E-state index in [0.29, 0.717) is 0 Å². The topological polar surface area (TPSA) is 0 Å². The van der Waals surface area contributed by atoms with Crippen molar-refractivity contribution in [3.63, 3.8) is 0 Å². The molecule has 0 aromatic heterocycles. The van der Waals surface area contributed by atoms with Crippen LogP contribution in [0.4, 0.5) is 0 Å². The highest BCUT2D eigenvalue weighted by atomic mass is 79.9. The molecule has 1 aromatic carbocycles. The van der Waals surface area contributed by atoms with Gasteiger partial charge < -0.3 is 0 Å². The van der Waals surface area contributed by atoms with E-state index in [1.165, 1.54) is 28.4 Å². The zero-order valence-electron chi connectivity index (χ0n) is 7.52. The Morgan fingerprint density at radius 2 is 1.92 bits per heavy atom. The van der Waals surface area contributed by atoms with E-state index in [4.69, 9.17) is 0 Å². The van der Waals surface area contributed by atoms with Crippen molar-refractivity contribution in [2.24, 2.45) is 0 Å². The minimum atomic E-state index is 0.863. The van der Waals surface area contributed by atoms with Gasteiger partial charge in [-0.25, -0.2) is 0 Å². The Bertz CT molecular complexity index is 311. The van der Waals surface area contributed by atoms with Gasteiger partial charge in [-0.15, -0.1) is 0 Å². The quantitative estimate of drug-likeness (QED) is 0.678. The van der Waals surface area contributed by atoms with Crippen molar-refractivity contribution in [2.75, 3.05) is 0 Å². The molecule has 0 atom stereocenters. The zero-order valence-corrected chi connectivity index (χ0v) is 9.11. The molecule has 2 rings (SSSR count). The van der Waals surface area contributed by atoms with Crippen molar-refractivity contribution in [3.8, 4) is 0 Å². The Morgan fingerprint density at radius 1 is 1.25 bits per heavy atom. The molecule has 1 saturated carbocycles. The molecule has 0 N–H and O–H groups in total. The molecule has 0 saturated heterocycles. The second kappa shape index (κ2) is 2.88. The fourth-order valence-electron chi connectivity index (χ4n) is 1.84.